The first-order valence-corrected chi connectivity index (χ1v) is 8.27. The second-order valence-corrected chi connectivity index (χ2v) is 6.84. The number of aryl methyl sites for hydroxylation is 1. The Kier molecular flexibility index (Phi) is 5.16. The standard InChI is InChI=1S/C16H15Br2ClO/c1-9-7-15(20-3)12(8-13(9)17)16(18)11-5-4-6-14(19)10(11)2/h4-8,16H,1-3H3. The first kappa shape index (κ1) is 15.9. The van der Waals surface area contributed by atoms with Crippen LogP contribution in [-0.2, 0) is 0 Å². The normalized spacial score (nSPS) is 12.3. The predicted octanol–water partition coefficient (Wildman–Crippen LogP) is 6.21. The molecule has 1 nitrogen and oxygen atoms in total. The highest BCUT2D eigenvalue weighted by atomic mass is 79.9. The quantitative estimate of drug-likeness (QED) is 0.538. The van der Waals surface area contributed by atoms with Crippen LogP contribution in [0.5, 0.6) is 5.75 Å². The molecule has 0 N–H and O–H groups in total. The van der Waals surface area contributed by atoms with E-state index in [9.17, 15) is 0 Å². The molecule has 4 heteroatoms. The molecule has 0 saturated carbocycles. The van der Waals surface area contributed by atoms with Gasteiger partial charge in [0.15, 0.2) is 0 Å². The van der Waals surface area contributed by atoms with Crippen molar-refractivity contribution in [2.24, 2.45) is 0 Å². The van der Waals surface area contributed by atoms with Crippen LogP contribution in [0.15, 0.2) is 34.8 Å². The number of rotatable bonds is 3. The van der Waals surface area contributed by atoms with Crippen molar-refractivity contribution >= 4 is 43.5 Å². The maximum Gasteiger partial charge on any atom is 0.123 e. The van der Waals surface area contributed by atoms with Crippen LogP contribution in [0.2, 0.25) is 5.02 Å². The lowest BCUT2D eigenvalue weighted by Gasteiger charge is -2.18. The van der Waals surface area contributed by atoms with Crippen LogP contribution in [0.1, 0.15) is 27.1 Å². The summed E-state index contributed by atoms with van der Waals surface area (Å²) in [5.74, 6) is 0.868. The Balaban J connectivity index is 2.55. The average Bonchev–Trinajstić information content (AvgIpc) is 2.43. The summed E-state index contributed by atoms with van der Waals surface area (Å²) in [6, 6.07) is 10.1. The van der Waals surface area contributed by atoms with Crippen LogP contribution in [-0.4, -0.2) is 7.11 Å². The summed E-state index contributed by atoms with van der Waals surface area (Å²) >= 11 is 13.6. The molecule has 106 valence electrons. The van der Waals surface area contributed by atoms with Gasteiger partial charge in [-0.2, -0.15) is 0 Å². The van der Waals surface area contributed by atoms with Gasteiger partial charge in [-0.05, 0) is 48.7 Å². The summed E-state index contributed by atoms with van der Waals surface area (Å²) in [5.41, 5.74) is 4.45. The number of alkyl halides is 1. The average molecular weight is 419 g/mol. The zero-order valence-corrected chi connectivity index (χ0v) is 15.4. The molecule has 1 atom stereocenters. The minimum atomic E-state index is 0.0352. The lowest BCUT2D eigenvalue weighted by atomic mass is 9.99. The van der Waals surface area contributed by atoms with Crippen LogP contribution in [0.3, 0.4) is 0 Å². The third kappa shape index (κ3) is 3.05. The first-order valence-electron chi connectivity index (χ1n) is 6.18. The second-order valence-electron chi connectivity index (χ2n) is 4.66. The molecule has 0 saturated heterocycles. The van der Waals surface area contributed by atoms with Crippen LogP contribution in [0.25, 0.3) is 0 Å². The molecule has 1 unspecified atom stereocenters. The van der Waals surface area contributed by atoms with Crippen molar-refractivity contribution in [2.45, 2.75) is 18.7 Å². The van der Waals surface area contributed by atoms with E-state index in [4.69, 9.17) is 16.3 Å². The van der Waals surface area contributed by atoms with Crippen molar-refractivity contribution in [3.05, 3.63) is 62.1 Å². The number of hydrogen-bond acceptors (Lipinski definition) is 1. The third-order valence-corrected chi connectivity index (χ3v) is 5.62. The third-order valence-electron chi connectivity index (χ3n) is 3.37. The van der Waals surface area contributed by atoms with E-state index in [1.165, 1.54) is 0 Å². The molecule has 0 bridgehead atoms. The number of ether oxygens (including phenoxy) is 1. The molecule has 0 aromatic heterocycles. The van der Waals surface area contributed by atoms with Gasteiger partial charge < -0.3 is 4.74 Å². The molecule has 0 aliphatic carbocycles. The van der Waals surface area contributed by atoms with Crippen molar-refractivity contribution in [1.82, 2.24) is 0 Å². The maximum absolute atomic E-state index is 6.21. The molecular weight excluding hydrogens is 403 g/mol. The Hall–Kier alpha value is -0.510. The van der Waals surface area contributed by atoms with Crippen molar-refractivity contribution < 1.29 is 4.74 Å². The van der Waals surface area contributed by atoms with E-state index in [1.807, 2.05) is 32.0 Å². The summed E-state index contributed by atoms with van der Waals surface area (Å²) in [4.78, 5) is 0.0352. The molecule has 20 heavy (non-hydrogen) atoms. The predicted molar refractivity (Wildman–Crippen MR) is 92.4 cm³/mol. The molecule has 0 spiro atoms. The van der Waals surface area contributed by atoms with E-state index in [-0.39, 0.29) is 4.83 Å². The van der Waals surface area contributed by atoms with Crippen molar-refractivity contribution in [3.63, 3.8) is 0 Å². The SMILES string of the molecule is COc1cc(C)c(Br)cc1C(Br)c1cccc(Cl)c1C. The highest BCUT2D eigenvalue weighted by Crippen LogP contribution is 2.41. The van der Waals surface area contributed by atoms with Gasteiger partial charge in [0.2, 0.25) is 0 Å². The smallest absolute Gasteiger partial charge is 0.123 e. The van der Waals surface area contributed by atoms with Crippen molar-refractivity contribution in [3.8, 4) is 5.75 Å². The van der Waals surface area contributed by atoms with Gasteiger partial charge in [0.25, 0.3) is 0 Å². The second kappa shape index (κ2) is 6.50. The van der Waals surface area contributed by atoms with Crippen molar-refractivity contribution in [1.29, 1.82) is 0 Å². The Morgan fingerprint density at radius 2 is 1.85 bits per heavy atom. The lowest BCUT2D eigenvalue weighted by molar-refractivity contribution is 0.410. The van der Waals surface area contributed by atoms with E-state index < -0.39 is 0 Å². The van der Waals surface area contributed by atoms with Crippen LogP contribution in [0.4, 0.5) is 0 Å². The van der Waals surface area contributed by atoms with E-state index in [2.05, 4.69) is 44.0 Å². The molecule has 0 heterocycles. The highest BCUT2D eigenvalue weighted by molar-refractivity contribution is 9.10. The molecule has 0 aliphatic heterocycles. The monoisotopic (exact) mass is 416 g/mol. The van der Waals surface area contributed by atoms with Crippen molar-refractivity contribution in [2.75, 3.05) is 7.11 Å². The summed E-state index contributed by atoms with van der Waals surface area (Å²) in [7, 11) is 1.69. The fourth-order valence-corrected chi connectivity index (χ4v) is 3.51. The summed E-state index contributed by atoms with van der Waals surface area (Å²) < 4.78 is 6.58. The van der Waals surface area contributed by atoms with Gasteiger partial charge in [-0.25, -0.2) is 0 Å². The molecule has 0 aliphatic rings. The molecule has 2 aromatic carbocycles. The Labute approximate surface area is 141 Å². The Bertz CT molecular complexity index is 641. The summed E-state index contributed by atoms with van der Waals surface area (Å²) in [6.45, 7) is 4.08. The number of hydrogen-bond donors (Lipinski definition) is 0. The van der Waals surface area contributed by atoms with Gasteiger partial charge in [-0.1, -0.05) is 55.6 Å². The summed E-state index contributed by atoms with van der Waals surface area (Å²) in [5, 5.41) is 0.775. The minimum absolute atomic E-state index is 0.0352. The molecule has 0 radical (unpaired) electrons. The summed E-state index contributed by atoms with van der Waals surface area (Å²) in [6.07, 6.45) is 0. The van der Waals surface area contributed by atoms with Crippen LogP contribution < -0.4 is 4.74 Å². The van der Waals surface area contributed by atoms with Gasteiger partial charge in [0.1, 0.15) is 5.75 Å². The van der Waals surface area contributed by atoms with Gasteiger partial charge in [-0.15, -0.1) is 0 Å². The number of methoxy groups -OCH3 is 1. The van der Waals surface area contributed by atoms with Gasteiger partial charge >= 0.3 is 0 Å². The molecule has 0 amide bonds. The van der Waals surface area contributed by atoms with E-state index >= 15 is 0 Å². The number of benzene rings is 2. The van der Waals surface area contributed by atoms with Gasteiger partial charge in [0.05, 0.1) is 11.9 Å². The molecular formula is C16H15Br2ClO. The number of halogens is 3. The van der Waals surface area contributed by atoms with E-state index in [0.29, 0.717) is 0 Å². The zero-order valence-electron chi connectivity index (χ0n) is 11.5. The fraction of sp³-hybridized carbons (Fsp3) is 0.250. The lowest BCUT2D eigenvalue weighted by Crippen LogP contribution is -2.00. The first-order chi connectivity index (χ1) is 9.45. The Morgan fingerprint density at radius 3 is 2.50 bits per heavy atom. The minimum Gasteiger partial charge on any atom is -0.496 e. The van der Waals surface area contributed by atoms with E-state index in [1.54, 1.807) is 7.11 Å². The topological polar surface area (TPSA) is 9.23 Å². The molecule has 2 rings (SSSR count). The molecule has 0 fully saturated rings. The van der Waals surface area contributed by atoms with E-state index in [0.717, 1.165) is 37.5 Å². The Morgan fingerprint density at radius 1 is 1.15 bits per heavy atom. The highest BCUT2D eigenvalue weighted by Gasteiger charge is 2.19. The van der Waals surface area contributed by atoms with Crippen LogP contribution in [0, 0.1) is 13.8 Å². The van der Waals surface area contributed by atoms with Gasteiger partial charge in [0, 0.05) is 15.1 Å². The largest absolute Gasteiger partial charge is 0.496 e. The maximum atomic E-state index is 6.21. The molecule has 2 aromatic rings. The fourth-order valence-electron chi connectivity index (χ4n) is 2.11. The van der Waals surface area contributed by atoms with Crippen LogP contribution >= 0.6 is 43.5 Å². The zero-order chi connectivity index (χ0) is 14.9. The van der Waals surface area contributed by atoms with Gasteiger partial charge in [-0.3, -0.25) is 0 Å².